The van der Waals surface area contributed by atoms with Crippen molar-refractivity contribution in [2.45, 2.75) is 44.6 Å². The lowest BCUT2D eigenvalue weighted by atomic mass is 9.85. The Hall–Kier alpha value is -1.46. The summed E-state index contributed by atoms with van der Waals surface area (Å²) >= 11 is 0. The lowest BCUT2D eigenvalue weighted by Crippen LogP contribution is -2.33. The summed E-state index contributed by atoms with van der Waals surface area (Å²) in [6, 6.07) is 5.75. The highest BCUT2D eigenvalue weighted by atomic mass is 16.5. The number of ether oxygens (including phenoxy) is 1. The number of nitrogens with zero attached hydrogens (tertiary/aromatic N) is 1. The van der Waals surface area contributed by atoms with E-state index in [2.05, 4.69) is 10.3 Å². The first-order valence-corrected chi connectivity index (χ1v) is 8.51. The van der Waals surface area contributed by atoms with Gasteiger partial charge >= 0.3 is 0 Å². The second-order valence-corrected chi connectivity index (χ2v) is 6.46. The molecule has 1 atom stereocenters. The van der Waals surface area contributed by atoms with Gasteiger partial charge < -0.3 is 15.2 Å². The second kappa shape index (κ2) is 9.63. The molecule has 1 aliphatic rings. The number of hydrogen-bond donors (Lipinski definition) is 2. The van der Waals surface area contributed by atoms with Crippen LogP contribution in [0.3, 0.4) is 0 Å². The third-order valence-electron chi connectivity index (χ3n) is 4.67. The van der Waals surface area contributed by atoms with E-state index < -0.39 is 0 Å². The van der Waals surface area contributed by atoms with E-state index in [1.54, 1.807) is 13.3 Å². The van der Waals surface area contributed by atoms with Crippen molar-refractivity contribution >= 4 is 5.91 Å². The molecule has 2 N–H and O–H groups in total. The average Bonchev–Trinajstić information content (AvgIpc) is 2.60. The maximum absolute atomic E-state index is 12.1. The fourth-order valence-electron chi connectivity index (χ4n) is 3.18. The van der Waals surface area contributed by atoms with E-state index in [1.807, 2.05) is 18.2 Å². The predicted molar refractivity (Wildman–Crippen MR) is 88.9 cm³/mol. The second-order valence-electron chi connectivity index (χ2n) is 6.46. The zero-order valence-electron chi connectivity index (χ0n) is 13.9. The highest BCUT2D eigenvalue weighted by Gasteiger charge is 2.23. The zero-order valence-corrected chi connectivity index (χ0v) is 13.9. The summed E-state index contributed by atoms with van der Waals surface area (Å²) in [5.74, 6) is 0.563. The van der Waals surface area contributed by atoms with E-state index in [1.165, 1.54) is 0 Å². The highest BCUT2D eigenvalue weighted by molar-refractivity contribution is 5.76. The molecule has 5 heteroatoms. The van der Waals surface area contributed by atoms with Gasteiger partial charge in [0.2, 0.25) is 5.91 Å². The summed E-state index contributed by atoms with van der Waals surface area (Å²) in [6.45, 7) is 0.551. The normalized spacial score (nSPS) is 22.5. The summed E-state index contributed by atoms with van der Waals surface area (Å²) < 4.78 is 5.36. The molecular weight excluding hydrogens is 292 g/mol. The van der Waals surface area contributed by atoms with Crippen molar-refractivity contribution in [3.05, 3.63) is 30.1 Å². The van der Waals surface area contributed by atoms with E-state index in [0.29, 0.717) is 31.4 Å². The number of rotatable bonds is 8. The van der Waals surface area contributed by atoms with Crippen LogP contribution in [-0.2, 0) is 16.0 Å². The largest absolute Gasteiger partial charge is 0.396 e. The van der Waals surface area contributed by atoms with Crippen molar-refractivity contribution in [3.63, 3.8) is 0 Å². The van der Waals surface area contributed by atoms with Crippen LogP contribution < -0.4 is 5.32 Å². The SMILES string of the molecule is COC1CCC(CC(=O)NCC(CO)Cc2ccccn2)CC1. The maximum atomic E-state index is 12.1. The summed E-state index contributed by atoms with van der Waals surface area (Å²) in [5.41, 5.74) is 0.943. The van der Waals surface area contributed by atoms with E-state index in [4.69, 9.17) is 4.74 Å². The van der Waals surface area contributed by atoms with Crippen LogP contribution in [0, 0.1) is 11.8 Å². The third kappa shape index (κ3) is 6.28. The van der Waals surface area contributed by atoms with Gasteiger partial charge in [0.1, 0.15) is 0 Å². The molecule has 128 valence electrons. The highest BCUT2D eigenvalue weighted by Crippen LogP contribution is 2.28. The van der Waals surface area contributed by atoms with Crippen LogP contribution in [0.25, 0.3) is 0 Å². The van der Waals surface area contributed by atoms with E-state index in [0.717, 1.165) is 31.4 Å². The summed E-state index contributed by atoms with van der Waals surface area (Å²) in [5, 5.41) is 12.5. The molecule has 1 aromatic heterocycles. The van der Waals surface area contributed by atoms with Crippen LogP contribution in [-0.4, -0.2) is 42.4 Å². The Morgan fingerprint density at radius 1 is 1.39 bits per heavy atom. The zero-order chi connectivity index (χ0) is 16.5. The molecule has 1 saturated carbocycles. The topological polar surface area (TPSA) is 71.5 Å². The summed E-state index contributed by atoms with van der Waals surface area (Å²) in [4.78, 5) is 16.4. The maximum Gasteiger partial charge on any atom is 0.220 e. The molecule has 1 fully saturated rings. The van der Waals surface area contributed by atoms with Crippen LogP contribution >= 0.6 is 0 Å². The standard InChI is InChI=1S/C18H28N2O3/c1-23-17-7-5-14(6-8-17)11-18(22)20-12-15(13-21)10-16-4-2-3-9-19-16/h2-4,9,14-15,17,21H,5-8,10-13H2,1H3,(H,20,22). The molecular formula is C18H28N2O3. The predicted octanol–water partition coefficient (Wildman–Crippen LogP) is 1.94. The number of pyridine rings is 1. The lowest BCUT2D eigenvalue weighted by molar-refractivity contribution is -0.122. The number of methoxy groups -OCH3 is 1. The van der Waals surface area contributed by atoms with Crippen molar-refractivity contribution in [2.75, 3.05) is 20.3 Å². The Balaban J connectivity index is 1.68. The number of carbonyl (C=O) groups is 1. The number of nitrogens with one attached hydrogen (secondary N) is 1. The van der Waals surface area contributed by atoms with Gasteiger partial charge in [-0.2, -0.15) is 0 Å². The minimum absolute atomic E-state index is 0.0121. The number of hydrogen-bond acceptors (Lipinski definition) is 4. The van der Waals surface area contributed by atoms with Crippen LogP contribution in [0.2, 0.25) is 0 Å². The molecule has 0 aromatic carbocycles. The number of carbonyl (C=O) groups excluding carboxylic acids is 1. The molecule has 0 spiro atoms. The monoisotopic (exact) mass is 320 g/mol. The molecule has 0 bridgehead atoms. The lowest BCUT2D eigenvalue weighted by Gasteiger charge is -2.27. The van der Waals surface area contributed by atoms with Crippen molar-refractivity contribution in [2.24, 2.45) is 11.8 Å². The Labute approximate surface area is 138 Å². The summed E-state index contributed by atoms with van der Waals surface area (Å²) in [7, 11) is 1.76. The van der Waals surface area contributed by atoms with Gasteiger partial charge in [0.05, 0.1) is 6.10 Å². The summed E-state index contributed by atoms with van der Waals surface area (Å²) in [6.07, 6.45) is 7.59. The molecule has 0 aliphatic heterocycles. The molecule has 1 heterocycles. The van der Waals surface area contributed by atoms with Gasteiger partial charge in [0.25, 0.3) is 0 Å². The molecule has 23 heavy (non-hydrogen) atoms. The molecule has 2 rings (SSSR count). The number of aliphatic hydroxyl groups excluding tert-OH is 1. The van der Waals surface area contributed by atoms with Crippen LogP contribution in [0.5, 0.6) is 0 Å². The quantitative estimate of drug-likeness (QED) is 0.768. The Morgan fingerprint density at radius 2 is 2.17 bits per heavy atom. The van der Waals surface area contributed by atoms with E-state index in [-0.39, 0.29) is 18.4 Å². The molecule has 1 aromatic rings. The number of aromatic nitrogens is 1. The van der Waals surface area contributed by atoms with Gasteiger partial charge in [0, 0.05) is 44.5 Å². The van der Waals surface area contributed by atoms with Crippen molar-refractivity contribution in [1.82, 2.24) is 10.3 Å². The minimum atomic E-state index is 0.0121. The number of aliphatic hydroxyl groups is 1. The van der Waals surface area contributed by atoms with Crippen LogP contribution in [0.15, 0.2) is 24.4 Å². The minimum Gasteiger partial charge on any atom is -0.396 e. The van der Waals surface area contributed by atoms with Crippen molar-refractivity contribution in [3.8, 4) is 0 Å². The van der Waals surface area contributed by atoms with Crippen molar-refractivity contribution < 1.29 is 14.6 Å². The molecule has 0 radical (unpaired) electrons. The fraction of sp³-hybridized carbons (Fsp3) is 0.667. The Bertz CT molecular complexity index is 459. The van der Waals surface area contributed by atoms with E-state index >= 15 is 0 Å². The Morgan fingerprint density at radius 3 is 2.78 bits per heavy atom. The molecule has 0 saturated heterocycles. The van der Waals surface area contributed by atoms with Gasteiger partial charge in [-0.1, -0.05) is 6.07 Å². The van der Waals surface area contributed by atoms with Crippen LogP contribution in [0.1, 0.15) is 37.8 Å². The van der Waals surface area contributed by atoms with Gasteiger partial charge in [-0.3, -0.25) is 9.78 Å². The number of amides is 1. The first-order chi connectivity index (χ1) is 11.2. The third-order valence-corrected chi connectivity index (χ3v) is 4.67. The molecule has 1 aliphatic carbocycles. The van der Waals surface area contributed by atoms with Crippen molar-refractivity contribution in [1.29, 1.82) is 0 Å². The molecule has 1 unspecified atom stereocenters. The Kier molecular flexibility index (Phi) is 7.49. The first-order valence-electron chi connectivity index (χ1n) is 8.51. The first kappa shape index (κ1) is 17.9. The van der Waals surface area contributed by atoms with Gasteiger partial charge in [0.15, 0.2) is 0 Å². The molecule has 1 amide bonds. The fourth-order valence-corrected chi connectivity index (χ4v) is 3.18. The molecule has 5 nitrogen and oxygen atoms in total. The van der Waals surface area contributed by atoms with Gasteiger partial charge in [-0.05, 0) is 50.2 Å². The van der Waals surface area contributed by atoms with Gasteiger partial charge in [-0.15, -0.1) is 0 Å². The van der Waals surface area contributed by atoms with Crippen LogP contribution in [0.4, 0.5) is 0 Å². The van der Waals surface area contributed by atoms with E-state index in [9.17, 15) is 9.90 Å². The van der Waals surface area contributed by atoms with Gasteiger partial charge in [-0.25, -0.2) is 0 Å². The smallest absolute Gasteiger partial charge is 0.220 e. The average molecular weight is 320 g/mol.